The predicted molar refractivity (Wildman–Crippen MR) is 77.7 cm³/mol. The van der Waals surface area contributed by atoms with Crippen LogP contribution in [0.3, 0.4) is 0 Å². The van der Waals surface area contributed by atoms with Crippen molar-refractivity contribution in [2.24, 2.45) is 11.8 Å². The van der Waals surface area contributed by atoms with Crippen LogP contribution >= 0.6 is 0 Å². The molecule has 22 heavy (non-hydrogen) atoms. The Labute approximate surface area is 129 Å². The van der Waals surface area contributed by atoms with E-state index in [0.717, 1.165) is 12.0 Å². The van der Waals surface area contributed by atoms with Crippen molar-refractivity contribution in [2.75, 3.05) is 7.11 Å². The molecule has 2 amide bonds. The van der Waals surface area contributed by atoms with Crippen molar-refractivity contribution in [3.8, 4) is 0 Å². The van der Waals surface area contributed by atoms with Crippen molar-refractivity contribution in [3.63, 3.8) is 0 Å². The van der Waals surface area contributed by atoms with Crippen LogP contribution in [0.25, 0.3) is 0 Å². The minimum Gasteiger partial charge on any atom is -0.468 e. The summed E-state index contributed by atoms with van der Waals surface area (Å²) in [7, 11) is 1.14. The fraction of sp³-hybridized carbons (Fsp3) is 0.667. The zero-order chi connectivity index (χ0) is 17.2. The van der Waals surface area contributed by atoms with Crippen molar-refractivity contribution in [3.05, 3.63) is 12.7 Å². The van der Waals surface area contributed by atoms with Gasteiger partial charge in [-0.2, -0.15) is 0 Å². The normalized spacial score (nSPS) is 29.0. The third kappa shape index (κ3) is 3.47. The van der Waals surface area contributed by atoms with Gasteiger partial charge in [0.1, 0.15) is 11.5 Å². The van der Waals surface area contributed by atoms with Gasteiger partial charge in [0.2, 0.25) is 5.91 Å². The molecular formula is C15H23NO6. The highest BCUT2D eigenvalue weighted by atomic mass is 16.6. The van der Waals surface area contributed by atoms with Gasteiger partial charge in [-0.3, -0.25) is 9.59 Å². The maximum Gasteiger partial charge on any atom is 0.417 e. The second kappa shape index (κ2) is 6.48. The Balaban J connectivity index is 3.18. The highest BCUT2D eigenvalue weighted by molar-refractivity contribution is 6.05. The molecule has 7 heteroatoms. The number of esters is 1. The Kier molecular flexibility index (Phi) is 5.35. The number of amides is 2. The number of methoxy groups -OCH3 is 1. The third-order valence-corrected chi connectivity index (χ3v) is 3.50. The molecule has 1 rings (SSSR count). The van der Waals surface area contributed by atoms with E-state index >= 15 is 0 Å². The molecule has 7 nitrogen and oxygen atoms in total. The Hall–Kier alpha value is -1.89. The first-order valence-corrected chi connectivity index (χ1v) is 6.99. The van der Waals surface area contributed by atoms with E-state index in [2.05, 4.69) is 11.3 Å². The van der Waals surface area contributed by atoms with E-state index in [-0.39, 0.29) is 0 Å². The molecule has 0 unspecified atom stereocenters. The number of rotatable bonds is 2. The minimum absolute atomic E-state index is 0.760. The Morgan fingerprint density at radius 2 is 1.91 bits per heavy atom. The molecule has 4 atom stereocenters. The van der Waals surface area contributed by atoms with E-state index in [9.17, 15) is 19.5 Å². The molecule has 124 valence electrons. The summed E-state index contributed by atoms with van der Waals surface area (Å²) in [6.45, 7) is 10.0. The topological polar surface area (TPSA) is 93.1 Å². The molecule has 0 aromatic heterocycles. The van der Waals surface area contributed by atoms with Gasteiger partial charge in [-0.15, -0.1) is 6.58 Å². The molecule has 0 saturated carbocycles. The van der Waals surface area contributed by atoms with Crippen LogP contribution in [-0.4, -0.2) is 52.8 Å². The van der Waals surface area contributed by atoms with Crippen LogP contribution in [0.2, 0.25) is 0 Å². The van der Waals surface area contributed by atoms with Gasteiger partial charge in [0.05, 0.1) is 19.3 Å². The van der Waals surface area contributed by atoms with Crippen LogP contribution in [0.1, 0.15) is 27.7 Å². The summed E-state index contributed by atoms with van der Waals surface area (Å²) in [4.78, 5) is 37.4. The average molecular weight is 313 g/mol. The maximum atomic E-state index is 12.5. The molecule has 0 aromatic rings. The van der Waals surface area contributed by atoms with E-state index in [1.165, 1.54) is 13.0 Å². The van der Waals surface area contributed by atoms with Gasteiger partial charge in [-0.25, -0.2) is 9.69 Å². The van der Waals surface area contributed by atoms with Crippen LogP contribution in [-0.2, 0) is 19.1 Å². The minimum atomic E-state index is -1.32. The number of hydrogen-bond donors (Lipinski definition) is 1. The summed E-state index contributed by atoms with van der Waals surface area (Å²) in [5.41, 5.74) is -0.807. The molecule has 1 heterocycles. The smallest absolute Gasteiger partial charge is 0.417 e. The first kappa shape index (κ1) is 18.2. The number of ether oxygens (including phenoxy) is 2. The molecular weight excluding hydrogens is 290 g/mol. The molecule has 0 spiro atoms. The predicted octanol–water partition coefficient (Wildman–Crippen LogP) is 1.10. The zero-order valence-electron chi connectivity index (χ0n) is 13.5. The van der Waals surface area contributed by atoms with E-state index in [1.54, 1.807) is 20.8 Å². The number of carbonyl (C=O) groups is 3. The number of aliphatic hydroxyl groups is 1. The number of carbonyl (C=O) groups excluding carboxylic acids is 3. The summed E-state index contributed by atoms with van der Waals surface area (Å²) in [6, 6.07) is -0.841. The van der Waals surface area contributed by atoms with Crippen molar-refractivity contribution < 1.29 is 29.0 Å². The number of imide groups is 1. The first-order chi connectivity index (χ1) is 10.0. The lowest BCUT2D eigenvalue weighted by molar-refractivity contribution is -0.165. The fourth-order valence-corrected chi connectivity index (χ4v) is 2.41. The number of aliphatic hydroxyl groups excluding tert-OH is 1. The molecule has 1 aliphatic rings. The van der Waals surface area contributed by atoms with Crippen molar-refractivity contribution in [2.45, 2.75) is 45.4 Å². The summed E-state index contributed by atoms with van der Waals surface area (Å²) >= 11 is 0. The van der Waals surface area contributed by atoms with Gasteiger partial charge in [0, 0.05) is 5.92 Å². The van der Waals surface area contributed by atoms with Crippen LogP contribution in [0.15, 0.2) is 12.7 Å². The number of piperidine rings is 1. The molecule has 0 aliphatic carbocycles. The quantitative estimate of drug-likeness (QED) is 0.466. The summed E-state index contributed by atoms with van der Waals surface area (Å²) < 4.78 is 9.78. The monoisotopic (exact) mass is 313 g/mol. The zero-order valence-corrected chi connectivity index (χ0v) is 13.5. The molecule has 1 fully saturated rings. The highest BCUT2D eigenvalue weighted by Crippen LogP contribution is 2.32. The van der Waals surface area contributed by atoms with Gasteiger partial charge in [-0.1, -0.05) is 6.08 Å². The largest absolute Gasteiger partial charge is 0.468 e. The average Bonchev–Trinajstić information content (AvgIpc) is 2.39. The second-order valence-electron chi connectivity index (χ2n) is 6.23. The van der Waals surface area contributed by atoms with E-state index < -0.39 is 47.6 Å². The standard InChI is InChI=1S/C15H23NO6/c1-7-9-10(13(19)21-6)12(18)16(8(2)11(9)17)14(20)22-15(3,4)5/h7-11,17H,1H2,2-6H3/t8-,9+,10-,11-/m0/s1. The highest BCUT2D eigenvalue weighted by Gasteiger charge is 2.52. The Morgan fingerprint density at radius 3 is 2.32 bits per heavy atom. The van der Waals surface area contributed by atoms with Crippen LogP contribution < -0.4 is 0 Å². The van der Waals surface area contributed by atoms with Gasteiger partial charge in [0.15, 0.2) is 0 Å². The molecule has 0 bridgehead atoms. The van der Waals surface area contributed by atoms with Gasteiger partial charge in [0.25, 0.3) is 0 Å². The van der Waals surface area contributed by atoms with Crippen molar-refractivity contribution >= 4 is 18.0 Å². The number of hydrogen-bond acceptors (Lipinski definition) is 6. The maximum absolute atomic E-state index is 12.5. The van der Waals surface area contributed by atoms with Gasteiger partial charge in [-0.05, 0) is 27.7 Å². The first-order valence-electron chi connectivity index (χ1n) is 6.99. The molecule has 1 saturated heterocycles. The summed E-state index contributed by atoms with van der Waals surface area (Å²) in [5.74, 6) is -3.73. The van der Waals surface area contributed by atoms with Crippen LogP contribution in [0.5, 0.6) is 0 Å². The van der Waals surface area contributed by atoms with Crippen molar-refractivity contribution in [1.82, 2.24) is 4.90 Å². The SMILES string of the molecule is C=C[C@@H]1[C@H](C(=O)OC)C(=O)N(C(=O)OC(C)(C)C)[C@@H](C)[C@@H]1O. The summed E-state index contributed by atoms with van der Waals surface area (Å²) in [5, 5.41) is 10.3. The number of nitrogens with zero attached hydrogens (tertiary/aromatic N) is 1. The Bertz CT molecular complexity index is 481. The second-order valence-corrected chi connectivity index (χ2v) is 6.23. The molecule has 0 aromatic carbocycles. The third-order valence-electron chi connectivity index (χ3n) is 3.50. The lowest BCUT2D eigenvalue weighted by Crippen LogP contribution is -2.62. The Morgan fingerprint density at radius 1 is 1.36 bits per heavy atom. The molecule has 0 radical (unpaired) electrons. The van der Waals surface area contributed by atoms with Gasteiger partial charge >= 0.3 is 12.1 Å². The van der Waals surface area contributed by atoms with Crippen LogP contribution in [0.4, 0.5) is 4.79 Å². The van der Waals surface area contributed by atoms with E-state index in [0.29, 0.717) is 0 Å². The molecule has 1 N–H and O–H groups in total. The van der Waals surface area contributed by atoms with E-state index in [1.807, 2.05) is 0 Å². The fourth-order valence-electron chi connectivity index (χ4n) is 2.41. The lowest BCUT2D eigenvalue weighted by Gasteiger charge is -2.42. The van der Waals surface area contributed by atoms with Crippen molar-refractivity contribution in [1.29, 1.82) is 0 Å². The van der Waals surface area contributed by atoms with Gasteiger partial charge < -0.3 is 14.6 Å². The lowest BCUT2D eigenvalue weighted by atomic mass is 9.79. The molecule has 1 aliphatic heterocycles. The van der Waals surface area contributed by atoms with Crippen LogP contribution in [0, 0.1) is 11.8 Å². The van der Waals surface area contributed by atoms with E-state index in [4.69, 9.17) is 4.74 Å². The number of likely N-dealkylation sites (tertiary alicyclic amines) is 1. The summed E-state index contributed by atoms with van der Waals surface area (Å²) in [6.07, 6.45) is -0.708.